The number of para-hydroxylation sites is 1. The molecule has 0 spiro atoms. The third-order valence-electron chi connectivity index (χ3n) is 5.00. The van der Waals surface area contributed by atoms with E-state index in [4.69, 9.17) is 18.9 Å². The molecule has 3 rings (SSSR count). The highest BCUT2D eigenvalue weighted by atomic mass is 16.5. The van der Waals surface area contributed by atoms with Crippen molar-refractivity contribution in [3.63, 3.8) is 0 Å². The summed E-state index contributed by atoms with van der Waals surface area (Å²) in [6.07, 6.45) is 2.15. The van der Waals surface area contributed by atoms with Crippen LogP contribution in [0, 0.1) is 0 Å². The summed E-state index contributed by atoms with van der Waals surface area (Å²) in [6, 6.07) is 12.5. The van der Waals surface area contributed by atoms with E-state index in [1.807, 2.05) is 26.0 Å². The van der Waals surface area contributed by atoms with Gasteiger partial charge in [0, 0.05) is 11.1 Å². The van der Waals surface area contributed by atoms with Crippen LogP contribution in [0.25, 0.3) is 16.9 Å². The number of ether oxygens (including phenoxy) is 4. The lowest BCUT2D eigenvalue weighted by atomic mass is 10.00. The van der Waals surface area contributed by atoms with E-state index in [1.165, 1.54) is 26.0 Å². The van der Waals surface area contributed by atoms with E-state index >= 15 is 0 Å². The fourth-order valence-electron chi connectivity index (χ4n) is 3.58. The molecule has 0 fully saturated rings. The van der Waals surface area contributed by atoms with Gasteiger partial charge in [0.25, 0.3) is 0 Å². The Labute approximate surface area is 198 Å². The fourth-order valence-corrected chi connectivity index (χ4v) is 3.58. The molecule has 0 saturated heterocycles. The fraction of sp³-hybridized carbons (Fsp3) is 0.269. The van der Waals surface area contributed by atoms with Gasteiger partial charge in [-0.05, 0) is 44.5 Å². The Kier molecular flexibility index (Phi) is 7.73. The second kappa shape index (κ2) is 10.7. The molecule has 0 unspecified atom stereocenters. The maximum atomic E-state index is 12.9. The predicted molar refractivity (Wildman–Crippen MR) is 128 cm³/mol. The predicted octanol–water partition coefficient (Wildman–Crippen LogP) is 4.64. The summed E-state index contributed by atoms with van der Waals surface area (Å²) in [5, 5.41) is 4.65. The van der Waals surface area contributed by atoms with Crippen LogP contribution in [0.5, 0.6) is 11.5 Å². The van der Waals surface area contributed by atoms with Crippen molar-refractivity contribution in [1.82, 2.24) is 9.78 Å². The van der Waals surface area contributed by atoms with Crippen molar-refractivity contribution in [2.75, 3.05) is 21.3 Å². The minimum Gasteiger partial charge on any atom is -0.493 e. The van der Waals surface area contributed by atoms with Crippen molar-refractivity contribution in [1.29, 1.82) is 0 Å². The van der Waals surface area contributed by atoms with Gasteiger partial charge in [-0.15, -0.1) is 6.58 Å². The minimum atomic E-state index is -0.721. The number of hydrogen-bond acceptors (Lipinski definition) is 7. The van der Waals surface area contributed by atoms with E-state index in [-0.39, 0.29) is 23.1 Å². The van der Waals surface area contributed by atoms with Crippen molar-refractivity contribution in [3.8, 4) is 28.4 Å². The van der Waals surface area contributed by atoms with Gasteiger partial charge in [0.15, 0.2) is 17.2 Å². The molecule has 8 nitrogen and oxygen atoms in total. The number of carbonyl (C=O) groups is 2. The first kappa shape index (κ1) is 24.6. The standard InChI is InChI=1S/C26H28N2O6/c1-7-11-17-14-18(15-20(31-4)24(17)34-16(2)3)22-21(25(29)32-5)23(26(30)33-6)28(27-22)19-12-9-8-10-13-19/h7-10,12-16H,1,11H2,2-6H3. The van der Waals surface area contributed by atoms with Crippen molar-refractivity contribution >= 4 is 11.9 Å². The normalized spacial score (nSPS) is 10.6. The molecule has 0 atom stereocenters. The van der Waals surface area contributed by atoms with Gasteiger partial charge in [-0.2, -0.15) is 5.10 Å². The second-order valence-electron chi connectivity index (χ2n) is 7.63. The highest BCUT2D eigenvalue weighted by molar-refractivity contribution is 6.07. The average Bonchev–Trinajstić information content (AvgIpc) is 3.25. The van der Waals surface area contributed by atoms with Gasteiger partial charge >= 0.3 is 11.9 Å². The molecule has 0 radical (unpaired) electrons. The molecule has 0 aliphatic rings. The van der Waals surface area contributed by atoms with Crippen LogP contribution < -0.4 is 9.47 Å². The number of methoxy groups -OCH3 is 3. The molecule has 0 bridgehead atoms. The Morgan fingerprint density at radius 1 is 1.06 bits per heavy atom. The molecular weight excluding hydrogens is 436 g/mol. The molecule has 0 saturated carbocycles. The number of carbonyl (C=O) groups excluding carboxylic acids is 2. The Morgan fingerprint density at radius 2 is 1.74 bits per heavy atom. The first-order valence-corrected chi connectivity index (χ1v) is 10.7. The molecular formula is C26H28N2O6. The van der Waals surface area contributed by atoms with Crippen LogP contribution in [0.1, 0.15) is 40.3 Å². The molecule has 178 valence electrons. The van der Waals surface area contributed by atoms with Crippen LogP contribution in [-0.4, -0.2) is 49.2 Å². The van der Waals surface area contributed by atoms with E-state index in [2.05, 4.69) is 11.7 Å². The number of nitrogens with zero attached hydrogens (tertiary/aromatic N) is 2. The topological polar surface area (TPSA) is 88.9 Å². The van der Waals surface area contributed by atoms with Crippen molar-refractivity contribution in [2.24, 2.45) is 0 Å². The zero-order chi connectivity index (χ0) is 24.8. The molecule has 2 aromatic carbocycles. The number of hydrogen-bond donors (Lipinski definition) is 0. The molecule has 0 aliphatic carbocycles. The lowest BCUT2D eigenvalue weighted by Gasteiger charge is -2.18. The average molecular weight is 465 g/mol. The summed E-state index contributed by atoms with van der Waals surface area (Å²) >= 11 is 0. The van der Waals surface area contributed by atoms with Crippen molar-refractivity contribution in [2.45, 2.75) is 26.4 Å². The summed E-state index contributed by atoms with van der Waals surface area (Å²) in [6.45, 7) is 7.68. The highest BCUT2D eigenvalue weighted by Gasteiger charge is 2.32. The van der Waals surface area contributed by atoms with E-state index < -0.39 is 11.9 Å². The van der Waals surface area contributed by atoms with Gasteiger partial charge in [0.2, 0.25) is 0 Å². The smallest absolute Gasteiger partial charge is 0.357 e. The van der Waals surface area contributed by atoms with Crippen LogP contribution in [0.3, 0.4) is 0 Å². The van der Waals surface area contributed by atoms with E-state index in [1.54, 1.807) is 36.4 Å². The molecule has 1 heterocycles. The van der Waals surface area contributed by atoms with Gasteiger partial charge in [-0.25, -0.2) is 14.3 Å². The van der Waals surface area contributed by atoms with Crippen LogP contribution >= 0.6 is 0 Å². The quantitative estimate of drug-likeness (QED) is 0.337. The number of rotatable bonds is 9. The third-order valence-corrected chi connectivity index (χ3v) is 5.00. The lowest BCUT2D eigenvalue weighted by Crippen LogP contribution is -2.15. The Balaban J connectivity index is 2.38. The molecule has 0 N–H and O–H groups in total. The van der Waals surface area contributed by atoms with Gasteiger partial charge in [0.1, 0.15) is 11.3 Å². The Bertz CT molecular complexity index is 1200. The largest absolute Gasteiger partial charge is 0.493 e. The van der Waals surface area contributed by atoms with Crippen molar-refractivity contribution in [3.05, 3.63) is 71.9 Å². The zero-order valence-electron chi connectivity index (χ0n) is 20.0. The van der Waals surface area contributed by atoms with Crippen LogP contribution in [0.15, 0.2) is 55.1 Å². The molecule has 0 aliphatic heterocycles. The number of esters is 2. The summed E-state index contributed by atoms with van der Waals surface area (Å²) in [7, 11) is 4.03. The Hall–Kier alpha value is -4.07. The van der Waals surface area contributed by atoms with Crippen LogP contribution in [0.4, 0.5) is 0 Å². The summed E-state index contributed by atoms with van der Waals surface area (Å²) < 4.78 is 23.0. The van der Waals surface area contributed by atoms with Crippen LogP contribution in [-0.2, 0) is 15.9 Å². The number of allylic oxidation sites excluding steroid dienone is 1. The molecule has 1 aromatic heterocycles. The first-order valence-electron chi connectivity index (χ1n) is 10.7. The van der Waals surface area contributed by atoms with Crippen molar-refractivity contribution < 1.29 is 28.5 Å². The lowest BCUT2D eigenvalue weighted by molar-refractivity contribution is 0.0549. The molecule has 8 heteroatoms. The number of benzene rings is 2. The summed E-state index contributed by atoms with van der Waals surface area (Å²) in [5.41, 5.74) is 2.12. The van der Waals surface area contributed by atoms with Gasteiger partial charge in [0.05, 0.1) is 33.1 Å². The van der Waals surface area contributed by atoms with Crippen LogP contribution in [0.2, 0.25) is 0 Å². The SMILES string of the molecule is C=CCc1cc(-c2nn(-c3ccccc3)c(C(=O)OC)c2C(=O)OC)cc(OC)c1OC(C)C. The first-order chi connectivity index (χ1) is 16.4. The van der Waals surface area contributed by atoms with E-state index in [0.717, 1.165) is 5.56 Å². The monoisotopic (exact) mass is 464 g/mol. The Morgan fingerprint density at radius 3 is 2.29 bits per heavy atom. The van der Waals surface area contributed by atoms with Gasteiger partial charge in [-0.1, -0.05) is 24.3 Å². The second-order valence-corrected chi connectivity index (χ2v) is 7.63. The third kappa shape index (κ3) is 4.80. The maximum absolute atomic E-state index is 12.9. The summed E-state index contributed by atoms with van der Waals surface area (Å²) in [5.74, 6) is -0.394. The molecule has 34 heavy (non-hydrogen) atoms. The van der Waals surface area contributed by atoms with Gasteiger partial charge < -0.3 is 18.9 Å². The summed E-state index contributed by atoms with van der Waals surface area (Å²) in [4.78, 5) is 25.7. The van der Waals surface area contributed by atoms with E-state index in [9.17, 15) is 9.59 Å². The minimum absolute atomic E-state index is 0.0117. The number of aromatic nitrogens is 2. The van der Waals surface area contributed by atoms with Gasteiger partial charge in [-0.3, -0.25) is 0 Å². The maximum Gasteiger partial charge on any atom is 0.357 e. The van der Waals surface area contributed by atoms with E-state index in [0.29, 0.717) is 29.2 Å². The molecule has 3 aromatic rings. The molecule has 0 amide bonds. The zero-order valence-corrected chi connectivity index (χ0v) is 20.0. The highest BCUT2D eigenvalue weighted by Crippen LogP contribution is 2.39.